The first-order valence-corrected chi connectivity index (χ1v) is 6.51. The third-order valence-electron chi connectivity index (χ3n) is 2.84. The molecule has 114 valence electrons. The number of hydrogen-bond donors (Lipinski definition) is 3. The van der Waals surface area contributed by atoms with Gasteiger partial charge in [-0.15, -0.1) is 0 Å². The lowest BCUT2D eigenvalue weighted by Gasteiger charge is -2.08. The van der Waals surface area contributed by atoms with Gasteiger partial charge in [-0.2, -0.15) is 0 Å². The molecule has 0 fully saturated rings. The zero-order valence-electron chi connectivity index (χ0n) is 11.9. The van der Waals surface area contributed by atoms with Gasteiger partial charge in [-0.25, -0.2) is 4.79 Å². The van der Waals surface area contributed by atoms with Crippen LogP contribution in [0.3, 0.4) is 0 Å². The van der Waals surface area contributed by atoms with Crippen LogP contribution in [0.1, 0.15) is 15.9 Å². The normalized spacial score (nSPS) is 10.0. The molecule has 0 radical (unpaired) electrons. The van der Waals surface area contributed by atoms with Gasteiger partial charge in [0.15, 0.2) is 6.61 Å². The molecular formula is C16H15NO5. The van der Waals surface area contributed by atoms with E-state index in [-0.39, 0.29) is 11.3 Å². The van der Waals surface area contributed by atoms with Crippen LogP contribution in [-0.4, -0.2) is 28.7 Å². The Balaban J connectivity index is 1.92. The fraction of sp³-hybridized carbons (Fsp3) is 0.125. The van der Waals surface area contributed by atoms with Crippen LogP contribution in [0.2, 0.25) is 0 Å². The van der Waals surface area contributed by atoms with E-state index in [1.165, 1.54) is 12.1 Å². The first kappa shape index (κ1) is 15.4. The summed E-state index contributed by atoms with van der Waals surface area (Å²) >= 11 is 0. The minimum absolute atomic E-state index is 0.124. The Morgan fingerprint density at radius 3 is 2.59 bits per heavy atom. The molecule has 0 aliphatic carbocycles. The van der Waals surface area contributed by atoms with Crippen molar-refractivity contribution in [3.63, 3.8) is 0 Å². The highest BCUT2D eigenvalue weighted by Gasteiger charge is 2.15. The zero-order valence-corrected chi connectivity index (χ0v) is 11.9. The van der Waals surface area contributed by atoms with Crippen LogP contribution in [0, 0.1) is 6.92 Å². The van der Waals surface area contributed by atoms with Crippen LogP contribution in [0.25, 0.3) is 0 Å². The molecule has 0 unspecified atom stereocenters. The van der Waals surface area contributed by atoms with E-state index in [9.17, 15) is 14.7 Å². The average Bonchev–Trinajstić information content (AvgIpc) is 2.45. The van der Waals surface area contributed by atoms with Gasteiger partial charge in [0.1, 0.15) is 17.1 Å². The third kappa shape index (κ3) is 3.99. The molecule has 2 rings (SSSR count). The van der Waals surface area contributed by atoms with Crippen molar-refractivity contribution in [3.8, 4) is 11.5 Å². The fourth-order valence-electron chi connectivity index (χ4n) is 1.82. The third-order valence-corrected chi connectivity index (χ3v) is 2.84. The Labute approximate surface area is 127 Å². The minimum Gasteiger partial charge on any atom is -0.508 e. The van der Waals surface area contributed by atoms with E-state index >= 15 is 0 Å². The fourth-order valence-corrected chi connectivity index (χ4v) is 1.82. The van der Waals surface area contributed by atoms with E-state index in [2.05, 4.69) is 5.32 Å². The van der Waals surface area contributed by atoms with E-state index in [0.717, 1.165) is 11.6 Å². The van der Waals surface area contributed by atoms with Gasteiger partial charge in [-0.3, -0.25) is 4.79 Å². The van der Waals surface area contributed by atoms with E-state index < -0.39 is 24.2 Å². The number of carbonyl (C=O) groups is 2. The summed E-state index contributed by atoms with van der Waals surface area (Å²) in [6.07, 6.45) is 0. The lowest BCUT2D eigenvalue weighted by Crippen LogP contribution is -2.21. The summed E-state index contributed by atoms with van der Waals surface area (Å²) < 4.78 is 4.82. The predicted octanol–water partition coefficient (Wildman–Crippen LogP) is 2.20. The second-order valence-corrected chi connectivity index (χ2v) is 4.70. The number of nitrogens with one attached hydrogen (secondary N) is 1. The molecular weight excluding hydrogens is 286 g/mol. The summed E-state index contributed by atoms with van der Waals surface area (Å²) in [5.74, 6) is -1.93. The van der Waals surface area contributed by atoms with E-state index in [1.54, 1.807) is 18.2 Å². The minimum atomic E-state index is -0.850. The number of ether oxygens (including phenoxy) is 1. The molecule has 0 atom stereocenters. The van der Waals surface area contributed by atoms with Gasteiger partial charge >= 0.3 is 5.97 Å². The van der Waals surface area contributed by atoms with Crippen LogP contribution in [0.15, 0.2) is 42.5 Å². The van der Waals surface area contributed by atoms with Crippen molar-refractivity contribution in [2.45, 2.75) is 6.92 Å². The van der Waals surface area contributed by atoms with Gasteiger partial charge in [-0.05, 0) is 36.8 Å². The van der Waals surface area contributed by atoms with Gasteiger partial charge in [0.05, 0.1) is 0 Å². The molecule has 2 aromatic rings. The Kier molecular flexibility index (Phi) is 4.63. The number of esters is 1. The molecule has 0 spiro atoms. The molecule has 0 aliphatic rings. The van der Waals surface area contributed by atoms with E-state index in [0.29, 0.717) is 5.69 Å². The molecule has 6 nitrogen and oxygen atoms in total. The number of hydrogen-bond acceptors (Lipinski definition) is 5. The van der Waals surface area contributed by atoms with Gasteiger partial charge in [0.25, 0.3) is 5.91 Å². The van der Waals surface area contributed by atoms with Crippen molar-refractivity contribution >= 4 is 17.6 Å². The maximum Gasteiger partial charge on any atom is 0.342 e. The van der Waals surface area contributed by atoms with Gasteiger partial charge in [-0.1, -0.05) is 12.1 Å². The van der Waals surface area contributed by atoms with Gasteiger partial charge < -0.3 is 20.3 Å². The SMILES string of the molecule is Cc1cccc(NC(=O)COC(=O)c2ccc(O)cc2O)c1. The average molecular weight is 301 g/mol. The molecule has 3 N–H and O–H groups in total. The summed E-state index contributed by atoms with van der Waals surface area (Å²) in [7, 11) is 0. The predicted molar refractivity (Wildman–Crippen MR) is 79.9 cm³/mol. The Morgan fingerprint density at radius 1 is 1.14 bits per heavy atom. The van der Waals surface area contributed by atoms with Crippen molar-refractivity contribution in [1.82, 2.24) is 0 Å². The monoisotopic (exact) mass is 301 g/mol. The number of aryl methyl sites for hydroxylation is 1. The number of benzene rings is 2. The summed E-state index contributed by atoms with van der Waals surface area (Å²) in [5, 5.41) is 21.3. The summed E-state index contributed by atoms with van der Waals surface area (Å²) in [6.45, 7) is 1.41. The van der Waals surface area contributed by atoms with Crippen molar-refractivity contribution in [1.29, 1.82) is 0 Å². The van der Waals surface area contributed by atoms with Gasteiger partial charge in [0.2, 0.25) is 0 Å². The topological polar surface area (TPSA) is 95.9 Å². The number of aromatic hydroxyl groups is 2. The number of phenolic OH excluding ortho intramolecular Hbond substituents is 2. The highest BCUT2D eigenvalue weighted by molar-refractivity contribution is 5.96. The molecule has 22 heavy (non-hydrogen) atoms. The Bertz CT molecular complexity index is 711. The van der Waals surface area contributed by atoms with E-state index in [1.807, 2.05) is 13.0 Å². The smallest absolute Gasteiger partial charge is 0.342 e. The molecule has 0 heterocycles. The van der Waals surface area contributed by atoms with Crippen molar-refractivity contribution in [2.75, 3.05) is 11.9 Å². The first-order valence-electron chi connectivity index (χ1n) is 6.51. The van der Waals surface area contributed by atoms with Crippen LogP contribution < -0.4 is 5.32 Å². The van der Waals surface area contributed by atoms with Crippen LogP contribution in [0.5, 0.6) is 11.5 Å². The number of phenols is 2. The van der Waals surface area contributed by atoms with Crippen LogP contribution in [0.4, 0.5) is 5.69 Å². The molecule has 0 aromatic heterocycles. The quantitative estimate of drug-likeness (QED) is 0.752. The van der Waals surface area contributed by atoms with Gasteiger partial charge in [0, 0.05) is 11.8 Å². The largest absolute Gasteiger partial charge is 0.508 e. The standard InChI is InChI=1S/C16H15NO5/c1-10-3-2-4-11(7-10)17-15(20)9-22-16(21)13-6-5-12(18)8-14(13)19/h2-8,18-19H,9H2,1H3,(H,17,20). The van der Waals surface area contributed by atoms with Crippen molar-refractivity contribution < 1.29 is 24.5 Å². The summed E-state index contributed by atoms with van der Waals surface area (Å²) in [4.78, 5) is 23.5. The number of rotatable bonds is 4. The lowest BCUT2D eigenvalue weighted by molar-refractivity contribution is -0.119. The molecule has 1 amide bonds. The van der Waals surface area contributed by atoms with E-state index in [4.69, 9.17) is 9.84 Å². The zero-order chi connectivity index (χ0) is 16.1. The second kappa shape index (κ2) is 6.62. The maximum absolute atomic E-state index is 11.7. The molecule has 2 aromatic carbocycles. The van der Waals surface area contributed by atoms with Crippen molar-refractivity contribution in [3.05, 3.63) is 53.6 Å². The summed E-state index contributed by atoms with van der Waals surface area (Å²) in [5.41, 5.74) is 1.47. The molecule has 0 aliphatic heterocycles. The second-order valence-electron chi connectivity index (χ2n) is 4.70. The van der Waals surface area contributed by atoms with Crippen LogP contribution >= 0.6 is 0 Å². The maximum atomic E-state index is 11.7. The molecule has 0 saturated carbocycles. The number of anilines is 1. The Morgan fingerprint density at radius 2 is 1.91 bits per heavy atom. The molecule has 0 bridgehead atoms. The first-order chi connectivity index (χ1) is 10.5. The molecule has 0 saturated heterocycles. The highest BCUT2D eigenvalue weighted by atomic mass is 16.5. The van der Waals surface area contributed by atoms with Crippen LogP contribution in [-0.2, 0) is 9.53 Å². The number of carbonyl (C=O) groups excluding carboxylic acids is 2. The Hall–Kier alpha value is -3.02. The lowest BCUT2D eigenvalue weighted by atomic mass is 10.2. The molecule has 6 heteroatoms. The number of amides is 1. The summed E-state index contributed by atoms with van der Waals surface area (Å²) in [6, 6.07) is 10.7. The highest BCUT2D eigenvalue weighted by Crippen LogP contribution is 2.23. The van der Waals surface area contributed by atoms with Crippen molar-refractivity contribution in [2.24, 2.45) is 0 Å².